The van der Waals surface area contributed by atoms with E-state index in [0.29, 0.717) is 50.6 Å². The van der Waals surface area contributed by atoms with Crippen LogP contribution in [0.4, 0.5) is 0 Å². The lowest BCUT2D eigenvalue weighted by Crippen LogP contribution is -2.40. The van der Waals surface area contributed by atoms with E-state index in [1.165, 1.54) is 17.0 Å². The molecule has 184 valence electrons. The van der Waals surface area contributed by atoms with E-state index in [0.717, 1.165) is 11.1 Å². The molecule has 3 rings (SSSR count). The van der Waals surface area contributed by atoms with Crippen LogP contribution in [0.3, 0.4) is 0 Å². The topological polar surface area (TPSA) is 128 Å². The number of nitrogens with one attached hydrogen (secondary N) is 1. The Kier molecular flexibility index (Phi) is 8.65. The van der Waals surface area contributed by atoms with Crippen molar-refractivity contribution in [2.45, 2.75) is 44.0 Å². The van der Waals surface area contributed by atoms with Gasteiger partial charge in [-0.25, -0.2) is 13.6 Å². The van der Waals surface area contributed by atoms with Gasteiger partial charge in [0.1, 0.15) is 0 Å². The Balaban J connectivity index is 1.52. The van der Waals surface area contributed by atoms with E-state index in [-0.39, 0.29) is 23.1 Å². The van der Waals surface area contributed by atoms with Crippen molar-refractivity contribution in [3.8, 4) is 11.5 Å². The summed E-state index contributed by atoms with van der Waals surface area (Å²) in [6, 6.07) is 11.4. The summed E-state index contributed by atoms with van der Waals surface area (Å²) in [5, 5.41) is 8.25. The number of carbonyl (C=O) groups is 2. The molecule has 1 fully saturated rings. The number of ether oxygens (including phenoxy) is 2. The van der Waals surface area contributed by atoms with Crippen molar-refractivity contribution in [1.82, 2.24) is 10.2 Å². The molecule has 9 nitrogen and oxygen atoms in total. The third kappa shape index (κ3) is 6.55. The zero-order valence-electron chi connectivity index (χ0n) is 19.5. The van der Waals surface area contributed by atoms with Gasteiger partial charge in [0.05, 0.1) is 30.6 Å². The Morgan fingerprint density at radius 2 is 1.62 bits per heavy atom. The standard InChI is InChI=1S/C24H31N3O6S/c1-3-32-21-10-7-18(15-22(21)33-4-2)12-14-27-23(28)16-20(24(27)29)26-13-11-17-5-8-19(9-6-17)34(25,30)31/h5-10,15,20,26H,3-4,11-14,16H2,1-2H3,(H2,25,30,31)/t20-/m1/s1. The van der Waals surface area contributed by atoms with Crippen molar-refractivity contribution in [3.05, 3.63) is 53.6 Å². The van der Waals surface area contributed by atoms with Gasteiger partial charge in [-0.15, -0.1) is 0 Å². The Hall–Kier alpha value is -2.95. The molecule has 10 heteroatoms. The fraction of sp³-hybridized carbons (Fsp3) is 0.417. The molecule has 0 bridgehead atoms. The summed E-state index contributed by atoms with van der Waals surface area (Å²) in [4.78, 5) is 26.6. The molecule has 0 aliphatic carbocycles. The van der Waals surface area contributed by atoms with Gasteiger partial charge in [0, 0.05) is 6.54 Å². The third-order valence-electron chi connectivity index (χ3n) is 5.53. The highest BCUT2D eigenvalue weighted by atomic mass is 32.2. The number of benzene rings is 2. The Labute approximate surface area is 200 Å². The van der Waals surface area contributed by atoms with Crippen LogP contribution >= 0.6 is 0 Å². The van der Waals surface area contributed by atoms with Crippen LogP contribution < -0.4 is 19.9 Å². The molecule has 0 saturated carbocycles. The lowest BCUT2D eigenvalue weighted by Gasteiger charge is -2.17. The van der Waals surface area contributed by atoms with Crippen molar-refractivity contribution >= 4 is 21.8 Å². The molecule has 3 N–H and O–H groups in total. The molecule has 1 heterocycles. The molecule has 1 saturated heterocycles. The zero-order valence-corrected chi connectivity index (χ0v) is 20.3. The summed E-state index contributed by atoms with van der Waals surface area (Å²) >= 11 is 0. The Bertz CT molecular complexity index is 1120. The van der Waals surface area contributed by atoms with Gasteiger partial charge < -0.3 is 14.8 Å². The average Bonchev–Trinajstić information content (AvgIpc) is 3.06. The first-order valence-corrected chi connectivity index (χ1v) is 12.9. The number of amides is 2. The molecule has 0 radical (unpaired) electrons. The van der Waals surface area contributed by atoms with E-state index < -0.39 is 16.1 Å². The smallest absolute Gasteiger partial charge is 0.246 e. The van der Waals surface area contributed by atoms with Crippen molar-refractivity contribution in [3.63, 3.8) is 0 Å². The van der Waals surface area contributed by atoms with Gasteiger partial charge in [-0.1, -0.05) is 18.2 Å². The molecular formula is C24H31N3O6S. The maximum atomic E-state index is 12.8. The van der Waals surface area contributed by atoms with Gasteiger partial charge in [0.2, 0.25) is 21.8 Å². The van der Waals surface area contributed by atoms with Gasteiger partial charge in [-0.2, -0.15) is 0 Å². The minimum atomic E-state index is -3.73. The molecule has 0 aromatic heterocycles. The van der Waals surface area contributed by atoms with Gasteiger partial charge in [0.25, 0.3) is 0 Å². The maximum absolute atomic E-state index is 12.8. The normalized spacial score (nSPS) is 16.2. The monoisotopic (exact) mass is 489 g/mol. The Morgan fingerprint density at radius 3 is 2.26 bits per heavy atom. The summed E-state index contributed by atoms with van der Waals surface area (Å²) in [6.45, 7) is 5.62. The van der Waals surface area contributed by atoms with Crippen LogP contribution in [0.2, 0.25) is 0 Å². The summed E-state index contributed by atoms with van der Waals surface area (Å²) in [5.74, 6) is 0.893. The molecule has 0 spiro atoms. The van der Waals surface area contributed by atoms with E-state index in [1.807, 2.05) is 32.0 Å². The molecule has 0 unspecified atom stereocenters. The van der Waals surface area contributed by atoms with E-state index in [1.54, 1.807) is 12.1 Å². The molecule has 2 aromatic carbocycles. The fourth-order valence-electron chi connectivity index (χ4n) is 3.81. The van der Waals surface area contributed by atoms with Crippen LogP contribution in [0.5, 0.6) is 11.5 Å². The zero-order chi connectivity index (χ0) is 24.7. The summed E-state index contributed by atoms with van der Waals surface area (Å²) in [5.41, 5.74) is 1.85. The van der Waals surface area contributed by atoms with Crippen LogP contribution in [0.1, 0.15) is 31.4 Å². The third-order valence-corrected chi connectivity index (χ3v) is 6.46. The number of carbonyl (C=O) groups excluding carboxylic acids is 2. The second kappa shape index (κ2) is 11.5. The molecule has 34 heavy (non-hydrogen) atoms. The van der Waals surface area contributed by atoms with E-state index >= 15 is 0 Å². The van der Waals surface area contributed by atoms with Gasteiger partial charge in [-0.05, 0) is 68.6 Å². The maximum Gasteiger partial charge on any atom is 0.246 e. The molecule has 1 aliphatic rings. The number of hydrogen-bond donors (Lipinski definition) is 2. The number of imide groups is 1. The largest absolute Gasteiger partial charge is 0.490 e. The van der Waals surface area contributed by atoms with Crippen molar-refractivity contribution in [2.24, 2.45) is 5.14 Å². The highest BCUT2D eigenvalue weighted by Gasteiger charge is 2.37. The average molecular weight is 490 g/mol. The minimum absolute atomic E-state index is 0.0531. The second-order valence-corrected chi connectivity index (χ2v) is 9.49. The van der Waals surface area contributed by atoms with Crippen LogP contribution in [0.15, 0.2) is 47.4 Å². The lowest BCUT2D eigenvalue weighted by atomic mass is 10.1. The van der Waals surface area contributed by atoms with Gasteiger partial charge in [0.15, 0.2) is 11.5 Å². The molecule has 1 atom stereocenters. The molecule has 2 amide bonds. The highest BCUT2D eigenvalue weighted by Crippen LogP contribution is 2.29. The van der Waals surface area contributed by atoms with Gasteiger partial charge >= 0.3 is 0 Å². The first-order valence-electron chi connectivity index (χ1n) is 11.3. The summed E-state index contributed by atoms with van der Waals surface area (Å²) in [6.07, 6.45) is 1.22. The summed E-state index contributed by atoms with van der Waals surface area (Å²) < 4.78 is 33.9. The number of likely N-dealkylation sites (tertiary alicyclic amines) is 1. The lowest BCUT2D eigenvalue weighted by molar-refractivity contribution is -0.138. The van der Waals surface area contributed by atoms with E-state index in [9.17, 15) is 18.0 Å². The quantitative estimate of drug-likeness (QED) is 0.434. The summed E-state index contributed by atoms with van der Waals surface area (Å²) in [7, 11) is -3.73. The first kappa shape index (κ1) is 25.7. The van der Waals surface area contributed by atoms with E-state index in [2.05, 4.69) is 5.32 Å². The number of nitrogens with zero attached hydrogens (tertiary/aromatic N) is 1. The predicted octanol–water partition coefficient (Wildman–Crippen LogP) is 1.63. The van der Waals surface area contributed by atoms with E-state index in [4.69, 9.17) is 14.6 Å². The SMILES string of the molecule is CCOc1ccc(CCN2C(=O)C[C@@H](NCCc3ccc(S(N)(=O)=O)cc3)C2=O)cc1OCC. The van der Waals surface area contributed by atoms with Crippen LogP contribution in [-0.4, -0.2) is 57.5 Å². The number of nitrogens with two attached hydrogens (primary N) is 1. The molecule has 2 aromatic rings. The number of sulfonamides is 1. The number of primary sulfonamides is 1. The Morgan fingerprint density at radius 1 is 0.971 bits per heavy atom. The van der Waals surface area contributed by atoms with Crippen molar-refractivity contribution in [1.29, 1.82) is 0 Å². The first-order chi connectivity index (χ1) is 16.2. The van der Waals surface area contributed by atoms with Gasteiger partial charge in [-0.3, -0.25) is 14.5 Å². The fourth-order valence-corrected chi connectivity index (χ4v) is 4.32. The van der Waals surface area contributed by atoms with Crippen LogP contribution in [-0.2, 0) is 32.5 Å². The van der Waals surface area contributed by atoms with Crippen molar-refractivity contribution < 1.29 is 27.5 Å². The predicted molar refractivity (Wildman–Crippen MR) is 127 cm³/mol. The van der Waals surface area contributed by atoms with Crippen LogP contribution in [0.25, 0.3) is 0 Å². The minimum Gasteiger partial charge on any atom is -0.490 e. The molecule has 1 aliphatic heterocycles. The van der Waals surface area contributed by atoms with Crippen molar-refractivity contribution in [2.75, 3.05) is 26.3 Å². The second-order valence-electron chi connectivity index (χ2n) is 7.93. The highest BCUT2D eigenvalue weighted by molar-refractivity contribution is 7.89. The molecular weight excluding hydrogens is 458 g/mol. The number of hydrogen-bond acceptors (Lipinski definition) is 7. The number of rotatable bonds is 12. The van der Waals surface area contributed by atoms with Crippen LogP contribution in [0, 0.1) is 0 Å².